The summed E-state index contributed by atoms with van der Waals surface area (Å²) in [5.41, 5.74) is 10.9. The van der Waals surface area contributed by atoms with Crippen LogP contribution in [0.4, 0.5) is 0 Å². The summed E-state index contributed by atoms with van der Waals surface area (Å²) < 4.78 is 6.84. The molecule has 0 saturated heterocycles. The second-order valence-corrected chi connectivity index (χ2v) is 15.6. The van der Waals surface area contributed by atoms with E-state index in [1.165, 1.54) is 5.39 Å². The monoisotopic (exact) mass is 805 g/mol. The molecule has 0 fully saturated rings. The van der Waals surface area contributed by atoms with Crippen molar-refractivity contribution in [2.75, 3.05) is 0 Å². The molecule has 6 heteroatoms. The maximum atomic E-state index is 6.84. The molecule has 0 spiro atoms. The second-order valence-electron chi connectivity index (χ2n) is 15.6. The van der Waals surface area contributed by atoms with Crippen molar-refractivity contribution >= 4 is 43.5 Å². The Morgan fingerprint density at radius 3 is 1.41 bits per heavy atom. The average molecular weight is 806 g/mol. The summed E-state index contributed by atoms with van der Waals surface area (Å²) in [6.45, 7) is 0. The molecule has 0 aliphatic heterocycles. The summed E-state index contributed by atoms with van der Waals surface area (Å²) in [7, 11) is 0. The quantitative estimate of drug-likeness (QED) is 0.160. The molecule has 3 heterocycles. The maximum absolute atomic E-state index is 6.84. The van der Waals surface area contributed by atoms with E-state index in [1.54, 1.807) is 0 Å². The van der Waals surface area contributed by atoms with E-state index in [-0.39, 0.29) is 0 Å². The number of rotatable bonds is 7. The van der Waals surface area contributed by atoms with Gasteiger partial charge in [-0.05, 0) is 63.0 Å². The molecule has 0 N–H and O–H groups in total. The van der Waals surface area contributed by atoms with Crippen molar-refractivity contribution in [3.8, 4) is 79.2 Å². The van der Waals surface area contributed by atoms with Crippen molar-refractivity contribution in [2.45, 2.75) is 0 Å². The fraction of sp³-hybridized carbons (Fsp3) is 0. The van der Waals surface area contributed by atoms with Gasteiger partial charge in [-0.25, -0.2) is 24.9 Å². The van der Waals surface area contributed by atoms with Gasteiger partial charge in [0.05, 0.1) is 17.0 Å². The third-order valence-electron chi connectivity index (χ3n) is 11.7. The van der Waals surface area contributed by atoms with Crippen LogP contribution in [-0.2, 0) is 0 Å². The first-order chi connectivity index (χ1) is 31.2. The standard InChI is InChI=1S/C57H35N5O/c1-4-17-37(18-5-1)48-35-49(59-57(58-48)47-34-42-23-11-13-29-46(42)52-51-45-28-12-10-16-36(45)30-31-50(51)63-53(47)52)43-26-14-24-40(32-43)41-25-15-27-44(33-41)56-61-54(38-19-6-2-7-20-38)60-55(62-56)39-21-8-3-9-22-39/h1-35H. The number of fused-ring (bicyclic) bond motifs is 7. The van der Waals surface area contributed by atoms with Crippen molar-refractivity contribution in [3.05, 3.63) is 212 Å². The van der Waals surface area contributed by atoms with Crippen molar-refractivity contribution in [1.29, 1.82) is 0 Å². The van der Waals surface area contributed by atoms with E-state index in [0.29, 0.717) is 23.3 Å². The van der Waals surface area contributed by atoms with Gasteiger partial charge < -0.3 is 4.42 Å². The molecule has 294 valence electrons. The van der Waals surface area contributed by atoms with Crippen LogP contribution in [0, 0.1) is 0 Å². The minimum atomic E-state index is 0.594. The molecule has 0 aliphatic rings. The third kappa shape index (κ3) is 6.58. The molecule has 0 bridgehead atoms. The number of benzene rings is 9. The van der Waals surface area contributed by atoms with Crippen LogP contribution in [0.1, 0.15) is 0 Å². The van der Waals surface area contributed by atoms with Gasteiger partial charge in [-0.2, -0.15) is 0 Å². The second kappa shape index (κ2) is 15.1. The molecule has 0 unspecified atom stereocenters. The molecule has 0 amide bonds. The van der Waals surface area contributed by atoms with E-state index in [9.17, 15) is 0 Å². The fourth-order valence-corrected chi connectivity index (χ4v) is 8.66. The van der Waals surface area contributed by atoms with Gasteiger partial charge in [0.25, 0.3) is 0 Å². The molecule has 0 radical (unpaired) electrons. The molecule has 63 heavy (non-hydrogen) atoms. The lowest BCUT2D eigenvalue weighted by Gasteiger charge is -2.12. The number of hydrogen-bond donors (Lipinski definition) is 0. The van der Waals surface area contributed by atoms with Crippen LogP contribution in [0.5, 0.6) is 0 Å². The van der Waals surface area contributed by atoms with Crippen molar-refractivity contribution in [2.24, 2.45) is 0 Å². The Morgan fingerprint density at radius 2 is 0.762 bits per heavy atom. The van der Waals surface area contributed by atoms with Crippen LogP contribution in [0.2, 0.25) is 0 Å². The van der Waals surface area contributed by atoms with Crippen LogP contribution < -0.4 is 0 Å². The summed E-state index contributed by atoms with van der Waals surface area (Å²) >= 11 is 0. The van der Waals surface area contributed by atoms with Gasteiger partial charge in [-0.3, -0.25) is 0 Å². The van der Waals surface area contributed by atoms with Crippen LogP contribution in [-0.4, -0.2) is 24.9 Å². The largest absolute Gasteiger partial charge is 0.455 e. The third-order valence-corrected chi connectivity index (χ3v) is 11.7. The first-order valence-electron chi connectivity index (χ1n) is 21.0. The number of hydrogen-bond acceptors (Lipinski definition) is 6. The fourth-order valence-electron chi connectivity index (χ4n) is 8.66. The van der Waals surface area contributed by atoms with E-state index < -0.39 is 0 Å². The van der Waals surface area contributed by atoms with Crippen LogP contribution in [0.3, 0.4) is 0 Å². The Kier molecular flexibility index (Phi) is 8.71. The lowest BCUT2D eigenvalue weighted by Crippen LogP contribution is -2.00. The minimum Gasteiger partial charge on any atom is -0.455 e. The van der Waals surface area contributed by atoms with E-state index >= 15 is 0 Å². The Morgan fingerprint density at radius 1 is 0.286 bits per heavy atom. The van der Waals surface area contributed by atoms with Gasteiger partial charge >= 0.3 is 0 Å². The van der Waals surface area contributed by atoms with E-state index in [1.807, 2.05) is 78.9 Å². The van der Waals surface area contributed by atoms with Gasteiger partial charge in [0.15, 0.2) is 23.3 Å². The van der Waals surface area contributed by atoms with Gasteiger partial charge in [0, 0.05) is 38.6 Å². The molecule has 0 aliphatic carbocycles. The van der Waals surface area contributed by atoms with Gasteiger partial charge in [0.2, 0.25) is 0 Å². The van der Waals surface area contributed by atoms with E-state index in [0.717, 1.165) is 94.0 Å². The van der Waals surface area contributed by atoms with Crippen molar-refractivity contribution < 1.29 is 4.42 Å². The maximum Gasteiger partial charge on any atom is 0.164 e. The highest BCUT2D eigenvalue weighted by atomic mass is 16.3. The summed E-state index contributed by atoms with van der Waals surface area (Å²) in [5.74, 6) is 2.45. The average Bonchev–Trinajstić information content (AvgIpc) is 3.78. The molecule has 6 nitrogen and oxygen atoms in total. The predicted molar refractivity (Wildman–Crippen MR) is 256 cm³/mol. The van der Waals surface area contributed by atoms with Crippen molar-refractivity contribution in [3.63, 3.8) is 0 Å². The molecule has 12 aromatic rings. The topological polar surface area (TPSA) is 77.6 Å². The Hall–Kier alpha value is -8.61. The number of furan rings is 1. The van der Waals surface area contributed by atoms with E-state index in [2.05, 4.69) is 133 Å². The lowest BCUT2D eigenvalue weighted by atomic mass is 9.96. The van der Waals surface area contributed by atoms with Crippen molar-refractivity contribution in [1.82, 2.24) is 24.9 Å². The first kappa shape index (κ1) is 36.3. The zero-order valence-electron chi connectivity index (χ0n) is 33.9. The molecular formula is C57H35N5O. The van der Waals surface area contributed by atoms with Crippen LogP contribution in [0.25, 0.3) is 123 Å². The van der Waals surface area contributed by atoms with E-state index in [4.69, 9.17) is 29.3 Å². The smallest absolute Gasteiger partial charge is 0.164 e. The molecule has 9 aromatic carbocycles. The highest BCUT2D eigenvalue weighted by Gasteiger charge is 2.21. The zero-order valence-corrected chi connectivity index (χ0v) is 33.9. The Bertz CT molecular complexity index is 3620. The molecule has 0 saturated carbocycles. The summed E-state index contributed by atoms with van der Waals surface area (Å²) in [5, 5.41) is 6.71. The number of aromatic nitrogens is 5. The van der Waals surface area contributed by atoms with Gasteiger partial charge in [0.1, 0.15) is 11.2 Å². The summed E-state index contributed by atoms with van der Waals surface area (Å²) in [6.07, 6.45) is 0. The highest BCUT2D eigenvalue weighted by molar-refractivity contribution is 6.28. The normalized spacial score (nSPS) is 11.5. The Labute approximate surface area is 362 Å². The number of nitrogens with zero attached hydrogens (tertiary/aromatic N) is 5. The van der Waals surface area contributed by atoms with Crippen LogP contribution in [0.15, 0.2) is 217 Å². The SMILES string of the molecule is c1ccc(-c2cc(-c3cccc(-c4cccc(-c5nc(-c6ccccc6)nc(-c6ccccc6)n5)c4)c3)nc(-c3cc4ccccc4c4c3oc3ccc5ccccc5c34)n2)cc1. The lowest BCUT2D eigenvalue weighted by molar-refractivity contribution is 0.670. The minimum absolute atomic E-state index is 0.594. The van der Waals surface area contributed by atoms with Gasteiger partial charge in [-0.15, -0.1) is 0 Å². The molecule has 3 aromatic heterocycles. The summed E-state index contributed by atoms with van der Waals surface area (Å²) in [4.78, 5) is 25.5. The zero-order chi connectivity index (χ0) is 41.7. The molecular weight excluding hydrogens is 771 g/mol. The highest BCUT2D eigenvalue weighted by Crippen LogP contribution is 2.43. The van der Waals surface area contributed by atoms with Crippen LogP contribution >= 0.6 is 0 Å². The first-order valence-corrected chi connectivity index (χ1v) is 21.0. The molecule has 0 atom stereocenters. The predicted octanol–water partition coefficient (Wildman–Crippen LogP) is 14.5. The Balaban J connectivity index is 1.01. The molecule has 12 rings (SSSR count). The van der Waals surface area contributed by atoms with Gasteiger partial charge in [-0.1, -0.05) is 182 Å². The summed E-state index contributed by atoms with van der Waals surface area (Å²) in [6, 6.07) is 72.8.